The molecule has 114 valence electrons. The molecule has 0 heterocycles. The topological polar surface area (TPSA) is 98.3 Å². The Kier molecular flexibility index (Phi) is 4.90. The molecule has 2 atom stereocenters. The first-order valence-corrected chi connectivity index (χ1v) is 7.29. The summed E-state index contributed by atoms with van der Waals surface area (Å²) in [5.74, 6) is 0.0447. The summed E-state index contributed by atoms with van der Waals surface area (Å²) in [4.78, 5) is 22.7. The zero-order chi connectivity index (χ0) is 15.4. The summed E-state index contributed by atoms with van der Waals surface area (Å²) in [5, 5.41) is 13.8. The highest BCUT2D eigenvalue weighted by Crippen LogP contribution is 2.24. The summed E-state index contributed by atoms with van der Waals surface area (Å²) in [5.41, 5.74) is 6.80. The maximum Gasteiger partial charge on any atom is 0.270 e. The van der Waals surface area contributed by atoms with Crippen molar-refractivity contribution in [1.82, 2.24) is 5.32 Å². The average molecular weight is 291 g/mol. The van der Waals surface area contributed by atoms with E-state index < -0.39 is 4.92 Å². The van der Waals surface area contributed by atoms with Crippen LogP contribution in [0.15, 0.2) is 18.2 Å². The van der Waals surface area contributed by atoms with E-state index in [0.717, 1.165) is 31.2 Å². The Morgan fingerprint density at radius 2 is 2.14 bits per heavy atom. The lowest BCUT2D eigenvalue weighted by atomic mass is 9.84. The standard InChI is InChI=1S/C15H21N3O3/c1-10-6-7-12(18(20)21)8-13(10)15(19)17-14-5-3-2-4-11(14)9-16/h6-8,11,14H,2-5,9,16H2,1H3,(H,17,19). The van der Waals surface area contributed by atoms with E-state index in [1.54, 1.807) is 13.0 Å². The molecule has 0 aromatic heterocycles. The van der Waals surface area contributed by atoms with Crippen LogP contribution in [0.2, 0.25) is 0 Å². The van der Waals surface area contributed by atoms with E-state index in [2.05, 4.69) is 5.32 Å². The van der Waals surface area contributed by atoms with Crippen molar-refractivity contribution in [2.24, 2.45) is 11.7 Å². The van der Waals surface area contributed by atoms with Gasteiger partial charge in [-0.05, 0) is 37.8 Å². The van der Waals surface area contributed by atoms with Gasteiger partial charge >= 0.3 is 0 Å². The molecule has 0 bridgehead atoms. The predicted molar refractivity (Wildman–Crippen MR) is 80.1 cm³/mol. The van der Waals surface area contributed by atoms with Crippen molar-refractivity contribution in [3.63, 3.8) is 0 Å². The summed E-state index contributed by atoms with van der Waals surface area (Å²) in [7, 11) is 0. The number of nitro groups is 1. The number of carbonyl (C=O) groups excluding carboxylic acids is 1. The monoisotopic (exact) mass is 291 g/mol. The number of rotatable bonds is 4. The molecule has 0 saturated heterocycles. The van der Waals surface area contributed by atoms with Gasteiger partial charge in [0.2, 0.25) is 0 Å². The second kappa shape index (κ2) is 6.67. The van der Waals surface area contributed by atoms with E-state index in [0.29, 0.717) is 18.0 Å². The van der Waals surface area contributed by atoms with Crippen LogP contribution < -0.4 is 11.1 Å². The molecule has 6 nitrogen and oxygen atoms in total. The lowest BCUT2D eigenvalue weighted by Crippen LogP contribution is -2.44. The van der Waals surface area contributed by atoms with Crippen LogP contribution in [0.4, 0.5) is 5.69 Å². The zero-order valence-corrected chi connectivity index (χ0v) is 12.2. The fraction of sp³-hybridized carbons (Fsp3) is 0.533. The number of hydrogen-bond donors (Lipinski definition) is 2. The number of nitrogens with zero attached hydrogens (tertiary/aromatic N) is 1. The quantitative estimate of drug-likeness (QED) is 0.656. The third kappa shape index (κ3) is 3.58. The molecule has 0 spiro atoms. The minimum absolute atomic E-state index is 0.0647. The first-order valence-electron chi connectivity index (χ1n) is 7.29. The highest BCUT2D eigenvalue weighted by atomic mass is 16.6. The number of benzene rings is 1. The zero-order valence-electron chi connectivity index (χ0n) is 12.2. The van der Waals surface area contributed by atoms with E-state index in [1.807, 2.05) is 0 Å². The van der Waals surface area contributed by atoms with Crippen LogP contribution in [0.5, 0.6) is 0 Å². The maximum atomic E-state index is 12.4. The molecule has 0 radical (unpaired) electrons. The minimum Gasteiger partial charge on any atom is -0.349 e. The van der Waals surface area contributed by atoms with Crippen molar-refractivity contribution in [3.05, 3.63) is 39.4 Å². The van der Waals surface area contributed by atoms with Crippen molar-refractivity contribution in [2.45, 2.75) is 38.6 Å². The first-order chi connectivity index (χ1) is 10.0. The smallest absolute Gasteiger partial charge is 0.270 e. The SMILES string of the molecule is Cc1ccc([N+](=O)[O-])cc1C(=O)NC1CCCCC1CN. The van der Waals surface area contributed by atoms with Crippen LogP contribution in [-0.4, -0.2) is 23.4 Å². The van der Waals surface area contributed by atoms with Crippen LogP contribution in [-0.2, 0) is 0 Å². The van der Waals surface area contributed by atoms with E-state index in [9.17, 15) is 14.9 Å². The summed E-state index contributed by atoms with van der Waals surface area (Å²) in [6.07, 6.45) is 4.16. The normalized spacial score (nSPS) is 21.8. The largest absolute Gasteiger partial charge is 0.349 e. The highest BCUT2D eigenvalue weighted by Gasteiger charge is 2.26. The Balaban J connectivity index is 2.16. The lowest BCUT2D eigenvalue weighted by Gasteiger charge is -2.31. The predicted octanol–water partition coefficient (Wildman–Crippen LogP) is 2.15. The second-order valence-electron chi connectivity index (χ2n) is 5.62. The van der Waals surface area contributed by atoms with Gasteiger partial charge in [0.25, 0.3) is 11.6 Å². The molecule has 1 aromatic carbocycles. The van der Waals surface area contributed by atoms with Crippen molar-refractivity contribution in [1.29, 1.82) is 0 Å². The van der Waals surface area contributed by atoms with Crippen LogP contribution >= 0.6 is 0 Å². The van der Waals surface area contributed by atoms with Gasteiger partial charge in [0.15, 0.2) is 0 Å². The van der Waals surface area contributed by atoms with E-state index in [-0.39, 0.29) is 17.6 Å². The lowest BCUT2D eigenvalue weighted by molar-refractivity contribution is -0.384. The molecule has 0 aliphatic heterocycles. The fourth-order valence-electron chi connectivity index (χ4n) is 2.89. The van der Waals surface area contributed by atoms with Crippen molar-refractivity contribution in [3.8, 4) is 0 Å². The molecular weight excluding hydrogens is 270 g/mol. The Morgan fingerprint density at radius 1 is 1.43 bits per heavy atom. The van der Waals surface area contributed by atoms with Crippen LogP contribution in [0.3, 0.4) is 0 Å². The molecule has 1 aromatic rings. The fourth-order valence-corrected chi connectivity index (χ4v) is 2.89. The molecule has 2 rings (SSSR count). The average Bonchev–Trinajstić information content (AvgIpc) is 2.47. The minimum atomic E-state index is -0.487. The molecular formula is C15H21N3O3. The van der Waals surface area contributed by atoms with Crippen LogP contribution in [0, 0.1) is 23.0 Å². The molecule has 1 aliphatic rings. The van der Waals surface area contributed by atoms with Gasteiger partial charge in [-0.2, -0.15) is 0 Å². The number of carbonyl (C=O) groups is 1. The number of non-ortho nitro benzene ring substituents is 1. The summed E-state index contributed by atoms with van der Waals surface area (Å²) in [6.45, 7) is 2.33. The van der Waals surface area contributed by atoms with Gasteiger partial charge in [-0.15, -0.1) is 0 Å². The Labute approximate surface area is 123 Å². The Bertz CT molecular complexity index is 545. The second-order valence-corrected chi connectivity index (χ2v) is 5.62. The number of nitrogens with one attached hydrogen (secondary N) is 1. The first kappa shape index (κ1) is 15.4. The van der Waals surface area contributed by atoms with E-state index in [1.165, 1.54) is 12.1 Å². The Morgan fingerprint density at radius 3 is 2.81 bits per heavy atom. The van der Waals surface area contributed by atoms with Gasteiger partial charge in [0.1, 0.15) is 0 Å². The van der Waals surface area contributed by atoms with Gasteiger partial charge < -0.3 is 11.1 Å². The van der Waals surface area contributed by atoms with Crippen LogP contribution in [0.1, 0.15) is 41.6 Å². The molecule has 1 amide bonds. The molecule has 1 fully saturated rings. The van der Waals surface area contributed by atoms with Gasteiger partial charge in [0.05, 0.1) is 4.92 Å². The van der Waals surface area contributed by atoms with Gasteiger partial charge in [-0.1, -0.05) is 18.9 Å². The van der Waals surface area contributed by atoms with E-state index >= 15 is 0 Å². The summed E-state index contributed by atoms with van der Waals surface area (Å²) >= 11 is 0. The molecule has 3 N–H and O–H groups in total. The summed E-state index contributed by atoms with van der Waals surface area (Å²) in [6, 6.07) is 4.42. The molecule has 1 aliphatic carbocycles. The van der Waals surface area contributed by atoms with Crippen LogP contribution in [0.25, 0.3) is 0 Å². The number of aryl methyl sites for hydroxylation is 1. The molecule has 6 heteroatoms. The number of nitro benzene ring substituents is 1. The van der Waals surface area contributed by atoms with Gasteiger partial charge in [-0.3, -0.25) is 14.9 Å². The van der Waals surface area contributed by atoms with Gasteiger partial charge in [0, 0.05) is 23.7 Å². The van der Waals surface area contributed by atoms with E-state index in [4.69, 9.17) is 5.73 Å². The van der Waals surface area contributed by atoms with Gasteiger partial charge in [-0.25, -0.2) is 0 Å². The third-order valence-corrected chi connectivity index (χ3v) is 4.20. The summed E-state index contributed by atoms with van der Waals surface area (Å²) < 4.78 is 0. The third-order valence-electron chi connectivity index (χ3n) is 4.20. The number of amides is 1. The number of nitrogens with two attached hydrogens (primary N) is 1. The molecule has 1 saturated carbocycles. The Hall–Kier alpha value is -1.95. The maximum absolute atomic E-state index is 12.4. The molecule has 21 heavy (non-hydrogen) atoms. The van der Waals surface area contributed by atoms with Crippen molar-refractivity contribution in [2.75, 3.05) is 6.54 Å². The van der Waals surface area contributed by atoms with Crippen molar-refractivity contribution >= 4 is 11.6 Å². The van der Waals surface area contributed by atoms with Crippen molar-refractivity contribution < 1.29 is 9.72 Å². The molecule has 2 unspecified atom stereocenters. The number of hydrogen-bond acceptors (Lipinski definition) is 4. The highest BCUT2D eigenvalue weighted by molar-refractivity contribution is 5.96.